The van der Waals surface area contributed by atoms with E-state index < -0.39 is 73.3 Å². The van der Waals surface area contributed by atoms with E-state index in [1.54, 1.807) is 0 Å². The molecule has 1 aliphatic rings. The van der Waals surface area contributed by atoms with Crippen LogP contribution in [0, 0.1) is 0 Å². The van der Waals surface area contributed by atoms with E-state index in [4.69, 9.17) is 15.3 Å². The molecule has 1 aliphatic heterocycles. The summed E-state index contributed by atoms with van der Waals surface area (Å²) in [7, 11) is 0. The van der Waals surface area contributed by atoms with E-state index in [0.29, 0.717) is 0 Å². The third-order valence-corrected chi connectivity index (χ3v) is 3.16. The lowest BCUT2D eigenvalue weighted by Gasteiger charge is -2.24. The molecule has 24 heavy (non-hydrogen) atoms. The largest absolute Gasteiger partial charge is 0.505 e. The summed E-state index contributed by atoms with van der Waals surface area (Å²) in [5.41, 5.74) is 0. The van der Waals surface area contributed by atoms with Crippen molar-refractivity contribution in [3.8, 4) is 0 Å². The number of hydrogen-bond donors (Lipinski definition) is 8. The second-order valence-electron chi connectivity index (χ2n) is 4.89. The highest BCUT2D eigenvalue weighted by molar-refractivity contribution is 5.93. The molecule has 0 saturated heterocycles. The minimum atomic E-state index is -2.45. The number of esters is 2. The van der Waals surface area contributed by atoms with Crippen molar-refractivity contribution in [3.63, 3.8) is 0 Å². The molecule has 6 atom stereocenters. The standard InChI is InChI=1S/C12H18O12/c13-1-3(15)5(17)6(18)7(19)11(21)24-10-8(20)9(4(16)2-14)23-12(10)22/h3-7,9,13-20H,1-2H2/t3-,4+,5-,6+,7-,9-/m1/s1. The molecule has 0 fully saturated rings. The van der Waals surface area contributed by atoms with Crippen LogP contribution in [0.1, 0.15) is 0 Å². The molecule has 0 saturated carbocycles. The topological polar surface area (TPSA) is 214 Å². The number of ether oxygens (including phenoxy) is 2. The van der Waals surface area contributed by atoms with Crippen LogP contribution in [-0.2, 0) is 19.1 Å². The molecule has 138 valence electrons. The zero-order chi connectivity index (χ0) is 18.6. The van der Waals surface area contributed by atoms with Gasteiger partial charge in [0, 0.05) is 0 Å². The van der Waals surface area contributed by atoms with Crippen molar-refractivity contribution in [2.24, 2.45) is 0 Å². The molecular formula is C12H18O12. The Kier molecular flexibility index (Phi) is 7.04. The monoisotopic (exact) mass is 354 g/mol. The summed E-state index contributed by atoms with van der Waals surface area (Å²) in [5.74, 6) is -5.17. The van der Waals surface area contributed by atoms with Crippen LogP contribution in [0.15, 0.2) is 11.5 Å². The first-order chi connectivity index (χ1) is 11.1. The SMILES string of the molecule is O=C1O[C@H]([C@@H](O)CO)C(O)=C1OC(=O)[C@H](O)[C@@H](O)[C@H](O)[C@H](O)CO. The average molecular weight is 354 g/mol. The molecule has 0 aromatic heterocycles. The fourth-order valence-corrected chi connectivity index (χ4v) is 1.73. The van der Waals surface area contributed by atoms with Gasteiger partial charge in [-0.25, -0.2) is 9.59 Å². The van der Waals surface area contributed by atoms with Crippen molar-refractivity contribution < 1.29 is 59.9 Å². The van der Waals surface area contributed by atoms with Crippen LogP contribution >= 0.6 is 0 Å². The van der Waals surface area contributed by atoms with E-state index in [1.165, 1.54) is 0 Å². The van der Waals surface area contributed by atoms with Crippen LogP contribution in [0.3, 0.4) is 0 Å². The molecule has 0 radical (unpaired) electrons. The van der Waals surface area contributed by atoms with Gasteiger partial charge in [0.2, 0.25) is 0 Å². The van der Waals surface area contributed by atoms with Crippen molar-refractivity contribution in [2.75, 3.05) is 13.2 Å². The lowest BCUT2D eigenvalue weighted by atomic mass is 10.0. The first kappa shape index (κ1) is 20.2. The van der Waals surface area contributed by atoms with Crippen LogP contribution in [0.4, 0.5) is 0 Å². The maximum absolute atomic E-state index is 11.6. The summed E-state index contributed by atoms with van der Waals surface area (Å²) in [6, 6.07) is 0. The molecule has 1 heterocycles. The number of aliphatic hydroxyl groups excluding tert-OH is 8. The number of cyclic esters (lactones) is 1. The first-order valence-corrected chi connectivity index (χ1v) is 6.63. The predicted molar refractivity (Wildman–Crippen MR) is 69.8 cm³/mol. The van der Waals surface area contributed by atoms with Gasteiger partial charge in [0.1, 0.15) is 24.4 Å². The van der Waals surface area contributed by atoms with E-state index in [0.717, 1.165) is 0 Å². The lowest BCUT2D eigenvalue weighted by molar-refractivity contribution is -0.169. The Morgan fingerprint density at radius 2 is 1.67 bits per heavy atom. The van der Waals surface area contributed by atoms with Crippen LogP contribution in [0.25, 0.3) is 0 Å². The summed E-state index contributed by atoms with van der Waals surface area (Å²) < 4.78 is 8.83. The molecule has 0 aromatic carbocycles. The quantitative estimate of drug-likeness (QED) is 0.192. The molecule has 12 heteroatoms. The average Bonchev–Trinajstić information content (AvgIpc) is 2.86. The van der Waals surface area contributed by atoms with Gasteiger partial charge in [0.25, 0.3) is 5.76 Å². The fraction of sp³-hybridized carbons (Fsp3) is 0.667. The molecular weight excluding hydrogens is 336 g/mol. The molecule has 0 unspecified atom stereocenters. The Bertz CT molecular complexity index is 502. The van der Waals surface area contributed by atoms with Crippen molar-refractivity contribution in [2.45, 2.75) is 36.6 Å². The molecule has 8 N–H and O–H groups in total. The van der Waals surface area contributed by atoms with Gasteiger partial charge in [0.15, 0.2) is 18.0 Å². The summed E-state index contributed by atoms with van der Waals surface area (Å²) in [6.45, 7) is -1.85. The number of carbonyl (C=O) groups is 2. The molecule has 0 amide bonds. The predicted octanol–water partition coefficient (Wildman–Crippen LogP) is -4.99. The Balaban J connectivity index is 2.82. The molecule has 12 nitrogen and oxygen atoms in total. The van der Waals surface area contributed by atoms with E-state index in [1.807, 2.05) is 0 Å². The second kappa shape index (κ2) is 8.34. The van der Waals surface area contributed by atoms with Crippen LogP contribution < -0.4 is 0 Å². The number of carbonyl (C=O) groups excluding carboxylic acids is 2. The van der Waals surface area contributed by atoms with Crippen LogP contribution in [0.2, 0.25) is 0 Å². The highest BCUT2D eigenvalue weighted by atomic mass is 16.6. The molecule has 0 aromatic rings. The fourth-order valence-electron chi connectivity index (χ4n) is 1.73. The van der Waals surface area contributed by atoms with Crippen LogP contribution in [0.5, 0.6) is 0 Å². The minimum absolute atomic E-state index is 0.879. The van der Waals surface area contributed by atoms with Gasteiger partial charge < -0.3 is 50.3 Å². The van der Waals surface area contributed by atoms with Crippen molar-refractivity contribution in [3.05, 3.63) is 11.5 Å². The van der Waals surface area contributed by atoms with Gasteiger partial charge in [-0.05, 0) is 0 Å². The number of aliphatic hydroxyl groups is 8. The maximum atomic E-state index is 11.6. The second-order valence-corrected chi connectivity index (χ2v) is 4.89. The Morgan fingerprint density at radius 3 is 2.17 bits per heavy atom. The third-order valence-electron chi connectivity index (χ3n) is 3.16. The van der Waals surface area contributed by atoms with Gasteiger partial charge in [-0.3, -0.25) is 0 Å². The highest BCUT2D eigenvalue weighted by Crippen LogP contribution is 2.24. The van der Waals surface area contributed by atoms with E-state index in [9.17, 15) is 35.1 Å². The van der Waals surface area contributed by atoms with Gasteiger partial charge in [-0.2, -0.15) is 0 Å². The third kappa shape index (κ3) is 4.18. The molecule has 0 spiro atoms. The summed E-state index contributed by atoms with van der Waals surface area (Å²) >= 11 is 0. The summed E-state index contributed by atoms with van der Waals surface area (Å²) in [6.07, 6.45) is -12.1. The van der Waals surface area contributed by atoms with Crippen molar-refractivity contribution >= 4 is 11.9 Å². The zero-order valence-corrected chi connectivity index (χ0v) is 12.1. The number of hydrogen-bond acceptors (Lipinski definition) is 12. The van der Waals surface area contributed by atoms with Crippen molar-refractivity contribution in [1.82, 2.24) is 0 Å². The van der Waals surface area contributed by atoms with Crippen molar-refractivity contribution in [1.29, 1.82) is 0 Å². The normalized spacial score (nSPS) is 24.1. The lowest BCUT2D eigenvalue weighted by Crippen LogP contribution is -2.49. The first-order valence-electron chi connectivity index (χ1n) is 6.63. The van der Waals surface area contributed by atoms with Crippen LogP contribution in [-0.4, -0.2) is 103 Å². The smallest absolute Gasteiger partial charge is 0.378 e. The van der Waals surface area contributed by atoms with E-state index in [-0.39, 0.29) is 0 Å². The Hall–Kier alpha value is -1.80. The maximum Gasteiger partial charge on any atom is 0.378 e. The minimum Gasteiger partial charge on any atom is -0.505 e. The zero-order valence-electron chi connectivity index (χ0n) is 12.1. The van der Waals surface area contributed by atoms with Gasteiger partial charge in [-0.1, -0.05) is 0 Å². The molecule has 0 bridgehead atoms. The van der Waals surface area contributed by atoms with Gasteiger partial charge in [0.05, 0.1) is 13.2 Å². The highest BCUT2D eigenvalue weighted by Gasteiger charge is 2.43. The van der Waals surface area contributed by atoms with Gasteiger partial charge in [-0.15, -0.1) is 0 Å². The Morgan fingerprint density at radius 1 is 1.08 bits per heavy atom. The van der Waals surface area contributed by atoms with E-state index in [2.05, 4.69) is 9.47 Å². The number of rotatable bonds is 8. The van der Waals surface area contributed by atoms with E-state index >= 15 is 0 Å². The van der Waals surface area contributed by atoms with Gasteiger partial charge >= 0.3 is 11.9 Å². The summed E-state index contributed by atoms with van der Waals surface area (Å²) in [5, 5.41) is 73.8. The molecule has 1 rings (SSSR count). The molecule has 0 aliphatic carbocycles. The Labute approximate surface area is 134 Å². The summed E-state index contributed by atoms with van der Waals surface area (Å²) in [4.78, 5) is 23.1.